The van der Waals surface area contributed by atoms with E-state index in [-0.39, 0.29) is 11.9 Å². The van der Waals surface area contributed by atoms with Gasteiger partial charge in [-0.1, -0.05) is 111 Å². The molecule has 0 saturated carbocycles. The lowest BCUT2D eigenvalue weighted by atomic mass is 9.95. The van der Waals surface area contributed by atoms with Crippen LogP contribution in [0.15, 0.2) is 97.1 Å². The van der Waals surface area contributed by atoms with Gasteiger partial charge >= 0.3 is 11.9 Å². The first-order chi connectivity index (χ1) is 20.6. The van der Waals surface area contributed by atoms with Crippen LogP contribution in [-0.2, 0) is 9.47 Å². The van der Waals surface area contributed by atoms with Crippen molar-refractivity contribution in [3.8, 4) is 45.9 Å². The van der Waals surface area contributed by atoms with Gasteiger partial charge in [0.2, 0.25) is 0 Å². The minimum atomic E-state index is -0.340. The number of benzene rings is 4. The van der Waals surface area contributed by atoms with Crippen LogP contribution >= 0.6 is 0 Å². The van der Waals surface area contributed by atoms with Crippen LogP contribution in [0.5, 0.6) is 0 Å². The molecule has 4 heteroatoms. The normalized spacial score (nSPS) is 10.0. The number of hydrogen-bond donors (Lipinski definition) is 0. The Balaban J connectivity index is 1.63. The van der Waals surface area contributed by atoms with Gasteiger partial charge in [0.15, 0.2) is 0 Å². The Morgan fingerprint density at radius 2 is 0.881 bits per heavy atom. The zero-order valence-corrected chi connectivity index (χ0v) is 24.1. The zero-order valence-electron chi connectivity index (χ0n) is 24.1. The van der Waals surface area contributed by atoms with Gasteiger partial charge in [-0.25, -0.2) is 9.59 Å². The topological polar surface area (TPSA) is 52.6 Å². The molecule has 0 atom stereocenters. The molecule has 0 saturated heterocycles. The molecule has 0 N–H and O–H groups in total. The third kappa shape index (κ3) is 7.78. The second kappa shape index (κ2) is 15.7. The van der Waals surface area contributed by atoms with Crippen molar-refractivity contribution in [2.24, 2.45) is 0 Å². The van der Waals surface area contributed by atoms with Crippen molar-refractivity contribution in [2.75, 3.05) is 13.2 Å². The average molecular weight is 555 g/mol. The molecule has 0 amide bonds. The highest BCUT2D eigenvalue weighted by molar-refractivity contribution is 5.99. The number of carbonyl (C=O) groups is 2. The molecule has 0 radical (unpaired) electrons. The maximum Gasteiger partial charge on any atom is 0.338 e. The van der Waals surface area contributed by atoms with Gasteiger partial charge in [-0.2, -0.15) is 0 Å². The summed E-state index contributed by atoms with van der Waals surface area (Å²) in [6.45, 7) is 4.91. The van der Waals surface area contributed by atoms with Crippen molar-refractivity contribution < 1.29 is 19.1 Å². The van der Waals surface area contributed by atoms with E-state index in [0.29, 0.717) is 24.3 Å². The van der Waals surface area contributed by atoms with Crippen molar-refractivity contribution in [1.82, 2.24) is 0 Å². The quantitative estimate of drug-likeness (QED) is 0.112. The minimum absolute atomic E-state index is 0.340. The van der Waals surface area contributed by atoms with Gasteiger partial charge in [0.25, 0.3) is 0 Å². The van der Waals surface area contributed by atoms with Gasteiger partial charge in [-0.3, -0.25) is 0 Å². The van der Waals surface area contributed by atoms with Gasteiger partial charge in [-0.05, 0) is 71.2 Å². The van der Waals surface area contributed by atoms with Gasteiger partial charge in [0.1, 0.15) is 0 Å². The molecular formula is C38H34O4. The second-order valence-corrected chi connectivity index (χ2v) is 9.66. The predicted molar refractivity (Wildman–Crippen MR) is 168 cm³/mol. The third-order valence-corrected chi connectivity index (χ3v) is 6.65. The fourth-order valence-electron chi connectivity index (χ4n) is 4.42. The summed E-state index contributed by atoms with van der Waals surface area (Å²) < 4.78 is 11.0. The lowest BCUT2D eigenvalue weighted by Gasteiger charge is -2.11. The van der Waals surface area contributed by atoms with Gasteiger partial charge in [0, 0.05) is 11.1 Å². The summed E-state index contributed by atoms with van der Waals surface area (Å²) >= 11 is 0. The van der Waals surface area contributed by atoms with Crippen molar-refractivity contribution >= 4 is 11.9 Å². The van der Waals surface area contributed by atoms with Crippen LogP contribution in [0.3, 0.4) is 0 Å². The standard InChI is InChI=1S/C38H34O4/c1-3-5-27-41-37(39)35-25-15-13-23-33(35)31-21-11-9-19-29(31)17-7-8-18-30-20-10-12-22-32(30)34-24-14-16-26-36(34)38(40)42-28-6-4-2/h9-16,19-26H,3-6,27-28H2,1-2H3. The van der Waals surface area contributed by atoms with E-state index in [1.165, 1.54) is 0 Å². The summed E-state index contributed by atoms with van der Waals surface area (Å²) in [5, 5.41) is 0. The Labute approximate surface area is 248 Å². The zero-order chi connectivity index (χ0) is 29.6. The number of esters is 2. The SMILES string of the molecule is CCCCOC(=O)c1ccccc1-c1ccccc1C#CC#Cc1ccccc1-c1ccccc1C(=O)OCCCC. The van der Waals surface area contributed by atoms with Crippen molar-refractivity contribution in [1.29, 1.82) is 0 Å². The first-order valence-electron chi connectivity index (χ1n) is 14.4. The molecule has 210 valence electrons. The maximum atomic E-state index is 12.8. The molecule has 4 aromatic carbocycles. The third-order valence-electron chi connectivity index (χ3n) is 6.65. The fourth-order valence-corrected chi connectivity index (χ4v) is 4.42. The molecule has 0 unspecified atom stereocenters. The molecule has 0 bridgehead atoms. The van der Waals surface area contributed by atoms with Crippen LogP contribution in [0.4, 0.5) is 0 Å². The molecule has 0 fully saturated rings. The molecule has 0 aliphatic carbocycles. The summed E-state index contributed by atoms with van der Waals surface area (Å²) in [5.74, 6) is 11.6. The van der Waals surface area contributed by atoms with E-state index >= 15 is 0 Å². The Hall–Kier alpha value is -5.06. The molecular weight excluding hydrogens is 520 g/mol. The number of ether oxygens (including phenoxy) is 2. The minimum Gasteiger partial charge on any atom is -0.462 e. The van der Waals surface area contributed by atoms with Gasteiger partial charge in [0.05, 0.1) is 24.3 Å². The molecule has 4 aromatic rings. The van der Waals surface area contributed by atoms with Gasteiger partial charge in [-0.15, -0.1) is 0 Å². The summed E-state index contributed by atoms with van der Waals surface area (Å²) in [6.07, 6.45) is 3.56. The smallest absolute Gasteiger partial charge is 0.338 e. The molecule has 42 heavy (non-hydrogen) atoms. The number of rotatable bonds is 10. The van der Waals surface area contributed by atoms with E-state index in [2.05, 4.69) is 37.5 Å². The molecule has 0 aromatic heterocycles. The van der Waals surface area contributed by atoms with E-state index in [1.807, 2.05) is 84.9 Å². The predicted octanol–water partition coefficient (Wildman–Crippen LogP) is 8.34. The second-order valence-electron chi connectivity index (χ2n) is 9.66. The highest BCUT2D eigenvalue weighted by atomic mass is 16.5. The van der Waals surface area contributed by atoms with Crippen LogP contribution in [-0.4, -0.2) is 25.2 Å². The van der Waals surface area contributed by atoms with Crippen molar-refractivity contribution in [3.63, 3.8) is 0 Å². The number of carbonyl (C=O) groups excluding carboxylic acids is 2. The Kier molecular flexibility index (Phi) is 11.1. The molecule has 0 aliphatic rings. The van der Waals surface area contributed by atoms with Crippen molar-refractivity contribution in [2.45, 2.75) is 39.5 Å². The van der Waals surface area contributed by atoms with Gasteiger partial charge < -0.3 is 9.47 Å². The van der Waals surface area contributed by atoms with E-state index in [0.717, 1.165) is 59.1 Å². The lowest BCUT2D eigenvalue weighted by molar-refractivity contribution is 0.0491. The largest absolute Gasteiger partial charge is 0.462 e. The Morgan fingerprint density at radius 3 is 1.29 bits per heavy atom. The van der Waals surface area contributed by atoms with Crippen LogP contribution in [0.1, 0.15) is 71.4 Å². The number of unbranched alkanes of at least 4 members (excludes halogenated alkanes) is 2. The van der Waals surface area contributed by atoms with E-state index < -0.39 is 0 Å². The van der Waals surface area contributed by atoms with Crippen molar-refractivity contribution in [3.05, 3.63) is 119 Å². The molecule has 4 rings (SSSR count). The molecule has 0 spiro atoms. The highest BCUT2D eigenvalue weighted by Crippen LogP contribution is 2.29. The number of hydrogen-bond acceptors (Lipinski definition) is 4. The Morgan fingerprint density at radius 1 is 0.524 bits per heavy atom. The summed E-state index contributed by atoms with van der Waals surface area (Å²) in [5.41, 5.74) is 5.75. The molecule has 0 heterocycles. The lowest BCUT2D eigenvalue weighted by Crippen LogP contribution is -2.08. The highest BCUT2D eigenvalue weighted by Gasteiger charge is 2.16. The van der Waals surface area contributed by atoms with E-state index in [9.17, 15) is 9.59 Å². The van der Waals surface area contributed by atoms with E-state index in [4.69, 9.17) is 9.47 Å². The van der Waals surface area contributed by atoms with Crippen LogP contribution in [0.25, 0.3) is 22.3 Å². The Bertz CT molecular complexity index is 1530. The van der Waals surface area contributed by atoms with E-state index in [1.54, 1.807) is 12.1 Å². The monoisotopic (exact) mass is 554 g/mol. The van der Waals surface area contributed by atoms with Crippen LogP contribution in [0, 0.1) is 23.7 Å². The maximum absolute atomic E-state index is 12.8. The molecule has 0 aliphatic heterocycles. The molecule has 4 nitrogen and oxygen atoms in total. The van der Waals surface area contributed by atoms with Crippen LogP contribution < -0.4 is 0 Å². The average Bonchev–Trinajstić information content (AvgIpc) is 3.03. The summed E-state index contributed by atoms with van der Waals surface area (Å²) in [7, 11) is 0. The first kappa shape index (κ1) is 29.9. The fraction of sp³-hybridized carbons (Fsp3) is 0.211. The van der Waals surface area contributed by atoms with Crippen LogP contribution in [0.2, 0.25) is 0 Å². The first-order valence-corrected chi connectivity index (χ1v) is 14.4. The summed E-state index contributed by atoms with van der Waals surface area (Å²) in [4.78, 5) is 25.6. The summed E-state index contributed by atoms with van der Waals surface area (Å²) in [6, 6.07) is 30.2.